The minimum Gasteiger partial charge on any atom is -0.326 e. The van der Waals surface area contributed by atoms with E-state index in [1.54, 1.807) is 0 Å². The SMILES string of the molecule is NCc1ccc(-c2cccc(C3CCC(=O)NC3=O)c2)cc1. The topological polar surface area (TPSA) is 72.2 Å². The summed E-state index contributed by atoms with van der Waals surface area (Å²) in [6.07, 6.45) is 0.964. The van der Waals surface area contributed by atoms with Crippen LogP contribution in [0.4, 0.5) is 0 Å². The second-order valence-electron chi connectivity index (χ2n) is 5.53. The molecule has 3 rings (SSSR count). The van der Waals surface area contributed by atoms with Crippen molar-refractivity contribution in [3.63, 3.8) is 0 Å². The molecule has 0 aromatic heterocycles. The maximum Gasteiger partial charge on any atom is 0.234 e. The smallest absolute Gasteiger partial charge is 0.234 e. The zero-order chi connectivity index (χ0) is 15.5. The van der Waals surface area contributed by atoms with Crippen molar-refractivity contribution in [2.45, 2.75) is 25.3 Å². The lowest BCUT2D eigenvalue weighted by molar-refractivity contribution is -0.134. The van der Waals surface area contributed by atoms with Crippen molar-refractivity contribution in [3.05, 3.63) is 59.7 Å². The molecule has 4 nitrogen and oxygen atoms in total. The number of carbonyl (C=O) groups excluding carboxylic acids is 2. The van der Waals surface area contributed by atoms with Crippen LogP contribution >= 0.6 is 0 Å². The molecule has 0 aliphatic carbocycles. The molecule has 1 saturated heterocycles. The molecule has 2 aromatic rings. The summed E-state index contributed by atoms with van der Waals surface area (Å²) in [7, 11) is 0. The summed E-state index contributed by atoms with van der Waals surface area (Å²) in [4.78, 5) is 23.2. The van der Waals surface area contributed by atoms with Gasteiger partial charge in [0.15, 0.2) is 0 Å². The van der Waals surface area contributed by atoms with E-state index in [0.29, 0.717) is 19.4 Å². The first-order chi connectivity index (χ1) is 10.7. The highest BCUT2D eigenvalue weighted by molar-refractivity contribution is 6.01. The highest BCUT2D eigenvalue weighted by Crippen LogP contribution is 2.28. The number of nitrogens with two attached hydrogens (primary N) is 1. The Kier molecular flexibility index (Phi) is 4.02. The number of imide groups is 1. The Hall–Kier alpha value is -2.46. The van der Waals surface area contributed by atoms with E-state index < -0.39 is 0 Å². The van der Waals surface area contributed by atoms with Gasteiger partial charge in [0, 0.05) is 13.0 Å². The summed E-state index contributed by atoms with van der Waals surface area (Å²) in [6.45, 7) is 0.524. The van der Waals surface area contributed by atoms with E-state index in [1.807, 2.05) is 48.5 Å². The van der Waals surface area contributed by atoms with Crippen molar-refractivity contribution >= 4 is 11.8 Å². The third-order valence-electron chi connectivity index (χ3n) is 4.05. The average Bonchev–Trinajstić information content (AvgIpc) is 2.55. The summed E-state index contributed by atoms with van der Waals surface area (Å²) >= 11 is 0. The molecule has 1 unspecified atom stereocenters. The zero-order valence-corrected chi connectivity index (χ0v) is 12.2. The summed E-state index contributed by atoms with van der Waals surface area (Å²) in [5.74, 6) is -0.636. The van der Waals surface area contributed by atoms with E-state index in [2.05, 4.69) is 5.32 Å². The second-order valence-corrected chi connectivity index (χ2v) is 5.53. The number of amides is 2. The largest absolute Gasteiger partial charge is 0.326 e. The average molecular weight is 294 g/mol. The molecule has 112 valence electrons. The number of carbonyl (C=O) groups is 2. The molecule has 0 radical (unpaired) electrons. The van der Waals surface area contributed by atoms with E-state index in [-0.39, 0.29) is 17.7 Å². The van der Waals surface area contributed by atoms with Crippen LogP contribution in [-0.4, -0.2) is 11.8 Å². The first kappa shape index (κ1) is 14.5. The van der Waals surface area contributed by atoms with E-state index in [1.165, 1.54) is 0 Å². The maximum absolute atomic E-state index is 12.0. The van der Waals surface area contributed by atoms with Crippen molar-refractivity contribution in [1.29, 1.82) is 0 Å². The highest BCUT2D eigenvalue weighted by Gasteiger charge is 2.27. The number of benzene rings is 2. The lowest BCUT2D eigenvalue weighted by atomic mass is 9.88. The molecule has 1 aliphatic rings. The molecule has 1 aliphatic heterocycles. The first-order valence-electron chi connectivity index (χ1n) is 7.40. The fraction of sp³-hybridized carbons (Fsp3) is 0.222. The lowest BCUT2D eigenvalue weighted by Gasteiger charge is -2.21. The Bertz CT molecular complexity index is 707. The van der Waals surface area contributed by atoms with Crippen LogP contribution in [0.5, 0.6) is 0 Å². The predicted molar refractivity (Wildman–Crippen MR) is 84.9 cm³/mol. The van der Waals surface area contributed by atoms with Crippen LogP contribution in [0.3, 0.4) is 0 Å². The molecule has 0 spiro atoms. The minimum atomic E-state index is -0.249. The molecular formula is C18H18N2O2. The van der Waals surface area contributed by atoms with Gasteiger partial charge < -0.3 is 5.73 Å². The Morgan fingerprint density at radius 3 is 2.50 bits per heavy atom. The molecule has 1 fully saturated rings. The third kappa shape index (κ3) is 2.92. The van der Waals surface area contributed by atoms with Gasteiger partial charge in [-0.25, -0.2) is 0 Å². The molecule has 0 saturated carbocycles. The number of rotatable bonds is 3. The van der Waals surface area contributed by atoms with Gasteiger partial charge in [0.1, 0.15) is 0 Å². The molecule has 22 heavy (non-hydrogen) atoms. The van der Waals surface area contributed by atoms with Crippen LogP contribution in [0.1, 0.15) is 29.9 Å². The minimum absolute atomic E-state index is 0.185. The molecular weight excluding hydrogens is 276 g/mol. The fourth-order valence-corrected chi connectivity index (χ4v) is 2.78. The predicted octanol–water partition coefficient (Wildman–Crippen LogP) is 2.33. The van der Waals surface area contributed by atoms with Crippen LogP contribution < -0.4 is 11.1 Å². The van der Waals surface area contributed by atoms with Crippen molar-refractivity contribution in [2.75, 3.05) is 0 Å². The van der Waals surface area contributed by atoms with Gasteiger partial charge in [-0.05, 0) is 28.7 Å². The maximum atomic E-state index is 12.0. The first-order valence-corrected chi connectivity index (χ1v) is 7.40. The molecule has 2 amide bonds. The third-order valence-corrected chi connectivity index (χ3v) is 4.05. The summed E-state index contributed by atoms with van der Waals surface area (Å²) in [5.41, 5.74) is 9.80. The molecule has 0 bridgehead atoms. The Balaban J connectivity index is 1.88. The molecule has 4 heteroatoms. The van der Waals surface area contributed by atoms with Crippen LogP contribution in [-0.2, 0) is 16.1 Å². The van der Waals surface area contributed by atoms with Gasteiger partial charge in [-0.2, -0.15) is 0 Å². The monoisotopic (exact) mass is 294 g/mol. The fourth-order valence-electron chi connectivity index (χ4n) is 2.78. The number of hydrogen-bond acceptors (Lipinski definition) is 3. The quantitative estimate of drug-likeness (QED) is 0.853. The van der Waals surface area contributed by atoms with Crippen molar-refractivity contribution < 1.29 is 9.59 Å². The van der Waals surface area contributed by atoms with Crippen LogP contribution in [0.25, 0.3) is 11.1 Å². The highest BCUT2D eigenvalue weighted by atomic mass is 16.2. The number of hydrogen-bond donors (Lipinski definition) is 2. The lowest BCUT2D eigenvalue weighted by Crippen LogP contribution is -2.39. The standard InChI is InChI=1S/C18H18N2O2/c19-11-12-4-6-13(7-5-12)14-2-1-3-15(10-14)16-8-9-17(21)20-18(16)22/h1-7,10,16H,8-9,11,19H2,(H,20,21,22). The van der Waals surface area contributed by atoms with E-state index in [9.17, 15) is 9.59 Å². The van der Waals surface area contributed by atoms with E-state index in [4.69, 9.17) is 5.73 Å². The van der Waals surface area contributed by atoms with Gasteiger partial charge >= 0.3 is 0 Å². The summed E-state index contributed by atoms with van der Waals surface area (Å²) < 4.78 is 0. The van der Waals surface area contributed by atoms with Crippen molar-refractivity contribution in [1.82, 2.24) is 5.32 Å². The van der Waals surface area contributed by atoms with E-state index in [0.717, 1.165) is 22.3 Å². The summed E-state index contributed by atoms with van der Waals surface area (Å²) in [5, 5.41) is 2.41. The van der Waals surface area contributed by atoms with Gasteiger partial charge in [0.05, 0.1) is 5.92 Å². The Morgan fingerprint density at radius 1 is 1.05 bits per heavy atom. The van der Waals surface area contributed by atoms with Gasteiger partial charge in [-0.15, -0.1) is 0 Å². The van der Waals surface area contributed by atoms with E-state index >= 15 is 0 Å². The number of nitrogens with one attached hydrogen (secondary N) is 1. The van der Waals surface area contributed by atoms with Crippen molar-refractivity contribution in [2.24, 2.45) is 5.73 Å². The Morgan fingerprint density at radius 2 is 1.82 bits per heavy atom. The normalized spacial score (nSPS) is 18.1. The number of piperidine rings is 1. The summed E-state index contributed by atoms with van der Waals surface area (Å²) in [6, 6.07) is 16.0. The second kappa shape index (κ2) is 6.12. The van der Waals surface area contributed by atoms with Crippen LogP contribution in [0, 0.1) is 0 Å². The Labute approximate surface area is 129 Å². The molecule has 2 aromatic carbocycles. The van der Waals surface area contributed by atoms with Crippen LogP contribution in [0.15, 0.2) is 48.5 Å². The van der Waals surface area contributed by atoms with Gasteiger partial charge in [0.25, 0.3) is 0 Å². The molecule has 1 heterocycles. The van der Waals surface area contributed by atoms with Gasteiger partial charge in [0.2, 0.25) is 11.8 Å². The van der Waals surface area contributed by atoms with Crippen molar-refractivity contribution in [3.8, 4) is 11.1 Å². The molecule has 3 N–H and O–H groups in total. The molecule has 1 atom stereocenters. The zero-order valence-electron chi connectivity index (χ0n) is 12.2. The van der Waals surface area contributed by atoms with Crippen LogP contribution in [0.2, 0.25) is 0 Å². The van der Waals surface area contributed by atoms with Gasteiger partial charge in [-0.3, -0.25) is 14.9 Å². The van der Waals surface area contributed by atoms with Gasteiger partial charge in [-0.1, -0.05) is 48.5 Å².